The summed E-state index contributed by atoms with van der Waals surface area (Å²) in [6, 6.07) is 53.2. The topological polar surface area (TPSA) is 0 Å². The zero-order valence-corrected chi connectivity index (χ0v) is 23.8. The van der Waals surface area contributed by atoms with Crippen molar-refractivity contribution in [3.63, 3.8) is 0 Å². The van der Waals surface area contributed by atoms with Crippen molar-refractivity contribution in [2.75, 3.05) is 0 Å². The molecular weight excluding hydrogens is 506 g/mol. The van der Waals surface area contributed by atoms with E-state index in [1.165, 1.54) is 43.9 Å². The molecule has 5 aromatic rings. The lowest BCUT2D eigenvalue weighted by molar-refractivity contribution is 0.963. The van der Waals surface area contributed by atoms with E-state index in [4.69, 9.17) is 0 Å². The number of hydrogen-bond donors (Lipinski definition) is 0. The van der Waals surface area contributed by atoms with Gasteiger partial charge in [0.05, 0.1) is 0 Å². The number of benzene rings is 5. The standard InChI is InChI=1S/C37H31P2/c1-29(38(30-17-6-2-7-18-30)31-19-8-3-9-20-31)34-26-16-27-35(34)36-25-14-15-28-37(36)39(32-21-10-4-11-22-32)33-23-12-5-13-24-33/h2-29H,1H3. The van der Waals surface area contributed by atoms with Gasteiger partial charge in [0.25, 0.3) is 0 Å². The van der Waals surface area contributed by atoms with E-state index in [2.05, 4.69) is 172 Å². The SMILES string of the molecule is CC([C]1[CH][CH][CH][C]1c1ccccc1P(c1ccccc1)c1ccccc1)P(c1ccccc1)c1ccccc1. The van der Waals surface area contributed by atoms with Crippen LogP contribution < -0.4 is 26.5 Å². The first-order valence-corrected chi connectivity index (χ1v) is 16.2. The molecule has 1 fully saturated rings. The highest BCUT2D eigenvalue weighted by Crippen LogP contribution is 2.52. The first kappa shape index (κ1) is 26.2. The van der Waals surface area contributed by atoms with Crippen molar-refractivity contribution in [1.29, 1.82) is 0 Å². The summed E-state index contributed by atoms with van der Waals surface area (Å²) in [5, 5.41) is 7.00. The molecular formula is C37H31P2. The number of rotatable bonds is 8. The minimum absolute atomic E-state index is 0.363. The molecule has 2 heteroatoms. The van der Waals surface area contributed by atoms with Crippen LogP contribution in [0.3, 0.4) is 0 Å². The van der Waals surface area contributed by atoms with Crippen LogP contribution in [-0.4, -0.2) is 5.66 Å². The highest BCUT2D eigenvalue weighted by Gasteiger charge is 2.40. The molecule has 1 unspecified atom stereocenters. The van der Waals surface area contributed by atoms with Crippen molar-refractivity contribution < 1.29 is 0 Å². The van der Waals surface area contributed by atoms with Crippen LogP contribution in [0.4, 0.5) is 0 Å². The Morgan fingerprint density at radius 3 is 1.41 bits per heavy atom. The van der Waals surface area contributed by atoms with Gasteiger partial charge < -0.3 is 0 Å². The molecule has 0 spiro atoms. The molecule has 6 rings (SSSR count). The summed E-state index contributed by atoms with van der Waals surface area (Å²) < 4.78 is 0. The maximum Gasteiger partial charge on any atom is 0.0171 e. The normalized spacial score (nSPS) is 15.2. The fraction of sp³-hybridized carbons (Fsp3) is 0.0541. The summed E-state index contributed by atoms with van der Waals surface area (Å²) in [6.07, 6.45) is 6.93. The van der Waals surface area contributed by atoms with E-state index >= 15 is 0 Å². The fourth-order valence-corrected chi connectivity index (χ4v) is 10.6. The molecule has 0 saturated heterocycles. The van der Waals surface area contributed by atoms with Gasteiger partial charge in [0.15, 0.2) is 0 Å². The van der Waals surface area contributed by atoms with Crippen LogP contribution in [0.15, 0.2) is 146 Å². The molecule has 1 aliphatic carbocycles. The first-order chi connectivity index (χ1) is 19.3. The van der Waals surface area contributed by atoms with Gasteiger partial charge in [0, 0.05) is 5.92 Å². The first-order valence-electron chi connectivity index (χ1n) is 13.5. The van der Waals surface area contributed by atoms with Gasteiger partial charge in [-0.05, 0) is 78.8 Å². The Morgan fingerprint density at radius 2 is 0.897 bits per heavy atom. The second-order valence-corrected chi connectivity index (χ2v) is 14.4. The third kappa shape index (κ3) is 5.65. The van der Waals surface area contributed by atoms with Crippen LogP contribution in [-0.2, 0) is 0 Å². The molecule has 0 heterocycles. The zero-order chi connectivity index (χ0) is 26.4. The molecule has 0 bridgehead atoms. The Morgan fingerprint density at radius 1 is 0.462 bits per heavy atom. The molecule has 0 N–H and O–H groups in total. The van der Waals surface area contributed by atoms with Gasteiger partial charge in [0.2, 0.25) is 0 Å². The van der Waals surface area contributed by atoms with E-state index in [1.807, 2.05) is 0 Å². The second kappa shape index (κ2) is 12.4. The summed E-state index contributed by atoms with van der Waals surface area (Å²) in [5.41, 5.74) is 1.71. The average molecular weight is 538 g/mol. The molecule has 5 aromatic carbocycles. The zero-order valence-electron chi connectivity index (χ0n) is 22.1. The predicted octanol–water partition coefficient (Wildman–Crippen LogP) is 7.09. The molecule has 0 nitrogen and oxygen atoms in total. The van der Waals surface area contributed by atoms with Crippen molar-refractivity contribution in [3.8, 4) is 0 Å². The number of hydrogen-bond acceptors (Lipinski definition) is 0. The highest BCUT2D eigenvalue weighted by atomic mass is 31.1. The van der Waals surface area contributed by atoms with Crippen LogP contribution in [0.1, 0.15) is 12.5 Å². The lowest BCUT2D eigenvalue weighted by Crippen LogP contribution is -2.30. The van der Waals surface area contributed by atoms with Crippen LogP contribution in [0.25, 0.3) is 0 Å². The van der Waals surface area contributed by atoms with Crippen LogP contribution in [0.2, 0.25) is 0 Å². The molecule has 39 heavy (non-hydrogen) atoms. The third-order valence-corrected chi connectivity index (χ3v) is 12.5. The molecule has 0 aromatic heterocycles. The van der Waals surface area contributed by atoms with Crippen molar-refractivity contribution in [2.45, 2.75) is 12.6 Å². The Hall–Kier alpha value is -3.04. The molecule has 0 aliphatic heterocycles. The van der Waals surface area contributed by atoms with Gasteiger partial charge in [-0.1, -0.05) is 153 Å². The molecule has 1 atom stereocenters. The van der Waals surface area contributed by atoms with Gasteiger partial charge >= 0.3 is 0 Å². The smallest absolute Gasteiger partial charge is 0.0171 e. The lowest BCUT2D eigenvalue weighted by atomic mass is 9.87. The molecule has 5 radical (unpaired) electrons. The van der Waals surface area contributed by atoms with E-state index in [0.717, 1.165) is 0 Å². The third-order valence-electron chi connectivity index (χ3n) is 7.22. The highest BCUT2D eigenvalue weighted by molar-refractivity contribution is 7.80. The van der Waals surface area contributed by atoms with E-state index in [1.54, 1.807) is 0 Å². The maximum absolute atomic E-state index is 2.42. The predicted molar refractivity (Wildman–Crippen MR) is 172 cm³/mol. The van der Waals surface area contributed by atoms with Crippen molar-refractivity contribution in [1.82, 2.24) is 0 Å². The van der Waals surface area contributed by atoms with Gasteiger partial charge in [-0.2, -0.15) is 0 Å². The van der Waals surface area contributed by atoms with Crippen molar-refractivity contribution >= 4 is 42.4 Å². The minimum Gasteiger partial charge on any atom is -0.0622 e. The second-order valence-electron chi connectivity index (χ2n) is 9.64. The summed E-state index contributed by atoms with van der Waals surface area (Å²) >= 11 is 0. The quantitative estimate of drug-likeness (QED) is 0.186. The van der Waals surface area contributed by atoms with Crippen molar-refractivity contribution in [3.05, 3.63) is 182 Å². The Bertz CT molecular complexity index is 1370. The van der Waals surface area contributed by atoms with E-state index < -0.39 is 15.8 Å². The monoisotopic (exact) mass is 537 g/mol. The largest absolute Gasteiger partial charge is 0.0622 e. The van der Waals surface area contributed by atoms with Gasteiger partial charge in [-0.3, -0.25) is 0 Å². The molecule has 1 saturated carbocycles. The van der Waals surface area contributed by atoms with E-state index in [0.29, 0.717) is 5.66 Å². The summed E-state index contributed by atoms with van der Waals surface area (Å²) in [7, 11) is -1.28. The van der Waals surface area contributed by atoms with Crippen LogP contribution in [0, 0.1) is 31.1 Å². The molecule has 0 amide bonds. The summed E-state index contributed by atoms with van der Waals surface area (Å²) in [5.74, 6) is 2.79. The van der Waals surface area contributed by atoms with Gasteiger partial charge in [-0.25, -0.2) is 0 Å². The Balaban J connectivity index is 1.42. The summed E-state index contributed by atoms with van der Waals surface area (Å²) in [6.45, 7) is 2.42. The van der Waals surface area contributed by atoms with Crippen molar-refractivity contribution in [2.24, 2.45) is 0 Å². The van der Waals surface area contributed by atoms with Gasteiger partial charge in [-0.15, -0.1) is 0 Å². The van der Waals surface area contributed by atoms with Crippen LogP contribution >= 0.6 is 15.8 Å². The Kier molecular flexibility index (Phi) is 8.35. The molecule has 1 aliphatic rings. The van der Waals surface area contributed by atoms with Gasteiger partial charge in [0.1, 0.15) is 0 Å². The average Bonchev–Trinajstić information content (AvgIpc) is 3.50. The lowest BCUT2D eigenvalue weighted by Gasteiger charge is -2.34. The fourth-order valence-electron chi connectivity index (χ4n) is 5.43. The maximum atomic E-state index is 2.42. The van der Waals surface area contributed by atoms with E-state index in [9.17, 15) is 0 Å². The van der Waals surface area contributed by atoms with Crippen LogP contribution in [0.5, 0.6) is 0 Å². The molecule has 189 valence electrons. The Labute approximate surface area is 236 Å². The van der Waals surface area contributed by atoms with E-state index in [-0.39, 0.29) is 0 Å². The minimum atomic E-state index is -0.701. The summed E-state index contributed by atoms with van der Waals surface area (Å²) in [4.78, 5) is 0.